The number of nitrogens with two attached hydrogens (primary N) is 1. The summed E-state index contributed by atoms with van der Waals surface area (Å²) in [7, 11) is 0. The van der Waals surface area contributed by atoms with Crippen LogP contribution in [0.3, 0.4) is 0 Å². The van der Waals surface area contributed by atoms with Crippen LogP contribution in [0.15, 0.2) is 78.2 Å². The highest BCUT2D eigenvalue weighted by Crippen LogP contribution is 2.36. The number of hydrogen-bond donors (Lipinski definition) is 2. The number of rotatable bonds is 4. The van der Waals surface area contributed by atoms with Crippen molar-refractivity contribution >= 4 is 34.1 Å². The van der Waals surface area contributed by atoms with Crippen molar-refractivity contribution in [3.05, 3.63) is 100 Å². The van der Waals surface area contributed by atoms with Gasteiger partial charge < -0.3 is 25.4 Å². The fourth-order valence-electron chi connectivity index (χ4n) is 5.57. The number of allylic oxidation sites excluding steroid dienone is 1. The summed E-state index contributed by atoms with van der Waals surface area (Å²) in [4.78, 5) is 17.2. The number of carbonyl (C=O) groups excluding carboxylic acids is 1. The van der Waals surface area contributed by atoms with Gasteiger partial charge in [0.1, 0.15) is 12.0 Å². The molecule has 1 fully saturated rings. The van der Waals surface area contributed by atoms with Gasteiger partial charge in [0.2, 0.25) is 0 Å². The van der Waals surface area contributed by atoms with Gasteiger partial charge in [0.25, 0.3) is 5.91 Å². The molecule has 8 heteroatoms. The van der Waals surface area contributed by atoms with Crippen LogP contribution in [0.25, 0.3) is 16.6 Å². The molecular formula is C29H29ClFN5O. The zero-order valence-electron chi connectivity index (χ0n) is 20.6. The number of nitrogens with zero attached hydrogens (tertiary/aromatic N) is 3. The van der Waals surface area contributed by atoms with E-state index in [2.05, 4.69) is 27.8 Å². The van der Waals surface area contributed by atoms with Crippen LogP contribution in [-0.2, 0) is 11.3 Å². The highest BCUT2D eigenvalue weighted by atomic mass is 35.5. The van der Waals surface area contributed by atoms with Crippen molar-refractivity contribution in [2.24, 2.45) is 5.73 Å². The summed E-state index contributed by atoms with van der Waals surface area (Å²) < 4.78 is 15.7. The van der Waals surface area contributed by atoms with E-state index in [9.17, 15) is 9.18 Å². The number of likely N-dealkylation sites (tertiary alicyclic amines) is 1. The average Bonchev–Trinajstić information content (AvgIpc) is 3.42. The maximum Gasteiger partial charge on any atom is 0.253 e. The quantitative estimate of drug-likeness (QED) is 0.521. The number of fused-ring (bicyclic) bond motifs is 2. The SMILES string of the molecule is CC1=C(c2cc3cccc(Cl)c3n2Cc2ccc(F)cc2)NC2C=C(C(=O)N3CCCC(N)C3)C=CN12. The van der Waals surface area contributed by atoms with E-state index in [0.29, 0.717) is 23.7 Å². The Morgan fingerprint density at radius 2 is 2.03 bits per heavy atom. The third kappa shape index (κ3) is 4.32. The fraction of sp³-hybridized carbons (Fsp3) is 0.276. The van der Waals surface area contributed by atoms with Crippen LogP contribution in [0.2, 0.25) is 5.02 Å². The molecule has 0 spiro atoms. The molecule has 2 aromatic carbocycles. The molecule has 3 aromatic rings. The molecule has 37 heavy (non-hydrogen) atoms. The number of benzene rings is 2. The lowest BCUT2D eigenvalue weighted by molar-refractivity contribution is -0.128. The number of carbonyl (C=O) groups is 1. The Labute approximate surface area is 220 Å². The lowest BCUT2D eigenvalue weighted by atomic mass is 10.0. The highest BCUT2D eigenvalue weighted by molar-refractivity contribution is 6.35. The van der Waals surface area contributed by atoms with Crippen LogP contribution < -0.4 is 11.1 Å². The number of aromatic nitrogens is 1. The first-order valence-corrected chi connectivity index (χ1v) is 13.0. The van der Waals surface area contributed by atoms with E-state index in [1.54, 1.807) is 12.1 Å². The first-order valence-electron chi connectivity index (χ1n) is 12.6. The number of piperidine rings is 1. The zero-order chi connectivity index (χ0) is 25.7. The van der Waals surface area contributed by atoms with Gasteiger partial charge in [-0.15, -0.1) is 0 Å². The second-order valence-corrected chi connectivity index (χ2v) is 10.4. The Kier molecular flexibility index (Phi) is 6.05. The van der Waals surface area contributed by atoms with Crippen molar-refractivity contribution in [2.75, 3.05) is 13.1 Å². The summed E-state index contributed by atoms with van der Waals surface area (Å²) in [5.41, 5.74) is 11.7. The molecule has 0 aliphatic carbocycles. The van der Waals surface area contributed by atoms with Crippen molar-refractivity contribution in [1.82, 2.24) is 19.7 Å². The van der Waals surface area contributed by atoms with Crippen molar-refractivity contribution in [3.8, 4) is 0 Å². The highest BCUT2D eigenvalue weighted by Gasteiger charge is 2.33. The van der Waals surface area contributed by atoms with Crippen molar-refractivity contribution < 1.29 is 9.18 Å². The van der Waals surface area contributed by atoms with Gasteiger partial charge in [-0.25, -0.2) is 4.39 Å². The molecule has 0 radical (unpaired) electrons. The standard InChI is InChI=1S/C29H29ClFN5O/c1-18-27(33-26-15-21(11-13-35(18)26)29(37)34-12-3-5-23(32)17-34)25-14-20-4-2-6-24(30)28(20)36(25)16-19-7-9-22(31)10-8-19/h2,4,6-11,13-15,23,26,33H,3,5,12,16-17,32H2,1H3. The van der Waals surface area contributed by atoms with Gasteiger partial charge in [-0.2, -0.15) is 0 Å². The van der Waals surface area contributed by atoms with Crippen LogP contribution in [0, 0.1) is 5.82 Å². The molecule has 6 rings (SSSR count). The van der Waals surface area contributed by atoms with E-state index in [1.165, 1.54) is 12.1 Å². The van der Waals surface area contributed by atoms with Gasteiger partial charge in [0.05, 0.1) is 21.9 Å². The van der Waals surface area contributed by atoms with E-state index in [-0.39, 0.29) is 23.9 Å². The fourth-order valence-corrected chi connectivity index (χ4v) is 5.86. The molecule has 190 valence electrons. The topological polar surface area (TPSA) is 66.5 Å². The first-order chi connectivity index (χ1) is 17.9. The van der Waals surface area contributed by atoms with E-state index in [0.717, 1.165) is 52.9 Å². The average molecular weight is 518 g/mol. The Morgan fingerprint density at radius 3 is 2.81 bits per heavy atom. The summed E-state index contributed by atoms with van der Waals surface area (Å²) in [6.07, 6.45) is 7.56. The third-order valence-corrected chi connectivity index (χ3v) is 7.77. The number of nitrogens with one attached hydrogen (secondary N) is 1. The molecule has 3 N–H and O–H groups in total. The summed E-state index contributed by atoms with van der Waals surface area (Å²) in [6, 6.07) is 14.6. The molecule has 4 heterocycles. The van der Waals surface area contributed by atoms with Gasteiger partial charge in [0, 0.05) is 48.5 Å². The molecule has 0 bridgehead atoms. The van der Waals surface area contributed by atoms with Gasteiger partial charge in [0.15, 0.2) is 0 Å². The van der Waals surface area contributed by atoms with Crippen LogP contribution in [-0.4, -0.2) is 45.6 Å². The maximum atomic E-state index is 13.6. The monoisotopic (exact) mass is 517 g/mol. The second kappa shape index (κ2) is 9.39. The molecule has 3 aliphatic rings. The minimum absolute atomic E-state index is 0.0242. The predicted molar refractivity (Wildman–Crippen MR) is 145 cm³/mol. The van der Waals surface area contributed by atoms with E-state index in [4.69, 9.17) is 17.3 Å². The Bertz CT molecular complexity index is 1470. The largest absolute Gasteiger partial charge is 0.359 e. The second-order valence-electron chi connectivity index (χ2n) is 9.97. The Balaban J connectivity index is 1.34. The first kappa shape index (κ1) is 23.8. The molecule has 2 unspecified atom stereocenters. The zero-order valence-corrected chi connectivity index (χ0v) is 21.4. The van der Waals surface area contributed by atoms with Crippen molar-refractivity contribution in [2.45, 2.75) is 38.5 Å². The molecular weight excluding hydrogens is 489 g/mol. The molecule has 1 aromatic heterocycles. The maximum absolute atomic E-state index is 13.6. The minimum atomic E-state index is -0.261. The van der Waals surface area contributed by atoms with E-state index < -0.39 is 0 Å². The van der Waals surface area contributed by atoms with Crippen LogP contribution >= 0.6 is 11.6 Å². The molecule has 6 nitrogen and oxygen atoms in total. The Hall–Kier alpha value is -3.55. The summed E-state index contributed by atoms with van der Waals surface area (Å²) in [6.45, 7) is 3.94. The summed E-state index contributed by atoms with van der Waals surface area (Å²) >= 11 is 6.67. The predicted octanol–water partition coefficient (Wildman–Crippen LogP) is 4.81. The van der Waals surface area contributed by atoms with Crippen LogP contribution in [0.1, 0.15) is 31.0 Å². The number of hydrogen-bond acceptors (Lipinski definition) is 4. The molecule has 3 aliphatic heterocycles. The number of para-hydroxylation sites is 1. The van der Waals surface area contributed by atoms with Crippen molar-refractivity contribution in [3.63, 3.8) is 0 Å². The van der Waals surface area contributed by atoms with Crippen LogP contribution in [0.4, 0.5) is 4.39 Å². The molecule has 0 saturated carbocycles. The van der Waals surface area contributed by atoms with E-state index >= 15 is 0 Å². The minimum Gasteiger partial charge on any atom is -0.359 e. The lowest BCUT2D eigenvalue weighted by Crippen LogP contribution is -2.46. The molecule has 1 amide bonds. The normalized spacial score (nSPS) is 21.4. The van der Waals surface area contributed by atoms with Crippen molar-refractivity contribution in [1.29, 1.82) is 0 Å². The summed E-state index contributed by atoms with van der Waals surface area (Å²) in [5.74, 6) is -0.237. The Morgan fingerprint density at radius 1 is 1.22 bits per heavy atom. The van der Waals surface area contributed by atoms with Crippen LogP contribution in [0.5, 0.6) is 0 Å². The van der Waals surface area contributed by atoms with E-state index in [1.807, 2.05) is 41.5 Å². The van der Waals surface area contributed by atoms with Gasteiger partial charge in [-0.3, -0.25) is 4.79 Å². The molecule has 2 atom stereocenters. The summed E-state index contributed by atoms with van der Waals surface area (Å²) in [5, 5.41) is 5.32. The van der Waals surface area contributed by atoms with Gasteiger partial charge in [-0.1, -0.05) is 35.9 Å². The molecule has 1 saturated heterocycles. The number of halogens is 2. The lowest BCUT2D eigenvalue weighted by Gasteiger charge is -2.32. The third-order valence-electron chi connectivity index (χ3n) is 7.47. The van der Waals surface area contributed by atoms with Gasteiger partial charge in [-0.05, 0) is 61.7 Å². The smallest absolute Gasteiger partial charge is 0.253 e. The van der Waals surface area contributed by atoms with Gasteiger partial charge >= 0.3 is 0 Å². The number of amides is 1.